The molecule has 1 aromatic rings. The topological polar surface area (TPSA) is 88.5 Å². The van der Waals surface area contributed by atoms with Crippen LogP contribution >= 0.6 is 0 Å². The number of hydrogen-bond donors (Lipinski definition) is 1. The molecule has 3 heterocycles. The zero-order chi connectivity index (χ0) is 14.6. The van der Waals surface area contributed by atoms with Gasteiger partial charge in [0.05, 0.1) is 6.04 Å². The molecule has 4 atom stereocenters. The molecule has 0 spiro atoms. The smallest absolute Gasteiger partial charge is 0.320 e. The number of hydrogen-bond acceptors (Lipinski definition) is 5. The van der Waals surface area contributed by atoms with Gasteiger partial charge < -0.3 is 20.0 Å². The van der Waals surface area contributed by atoms with E-state index in [0.29, 0.717) is 17.8 Å². The van der Waals surface area contributed by atoms with Crippen molar-refractivity contribution in [2.45, 2.75) is 56.1 Å². The van der Waals surface area contributed by atoms with Crippen LogP contribution in [0.15, 0.2) is 4.42 Å². The number of carbonyl (C=O) groups excluding carboxylic acids is 1. The largest absolute Gasteiger partial charge is 0.423 e. The van der Waals surface area contributed by atoms with Crippen molar-refractivity contribution in [1.29, 1.82) is 0 Å². The maximum Gasteiger partial charge on any atom is 0.320 e. The van der Waals surface area contributed by atoms with Crippen molar-refractivity contribution in [2.75, 3.05) is 13.6 Å². The fourth-order valence-corrected chi connectivity index (χ4v) is 3.88. The van der Waals surface area contributed by atoms with E-state index in [0.717, 1.165) is 38.6 Å². The van der Waals surface area contributed by atoms with E-state index in [4.69, 9.17) is 10.2 Å². The third-order valence-corrected chi connectivity index (χ3v) is 5.22. The fourth-order valence-electron chi connectivity index (χ4n) is 3.88. The third-order valence-electron chi connectivity index (χ3n) is 5.22. The monoisotopic (exact) mass is 291 g/mol. The number of amides is 2. The minimum absolute atomic E-state index is 0.0602. The number of fused-ring (bicyclic) bond motifs is 2. The molecule has 2 N–H and O–H groups in total. The summed E-state index contributed by atoms with van der Waals surface area (Å²) in [5, 5.41) is 8.43. The average molecular weight is 291 g/mol. The van der Waals surface area contributed by atoms with Gasteiger partial charge in [0.25, 0.3) is 0 Å². The van der Waals surface area contributed by atoms with Gasteiger partial charge in [0.15, 0.2) is 0 Å². The summed E-state index contributed by atoms with van der Waals surface area (Å²) in [6, 6.07) is 0.596. The Labute approximate surface area is 123 Å². The number of piperidine rings is 1. The van der Waals surface area contributed by atoms with E-state index in [-0.39, 0.29) is 24.0 Å². The molecule has 114 valence electrons. The average Bonchev–Trinajstić information content (AvgIpc) is 3.17. The summed E-state index contributed by atoms with van der Waals surface area (Å²) in [5.41, 5.74) is 5.95. The predicted octanol–water partition coefficient (Wildman–Crippen LogP) is 1.24. The highest BCUT2D eigenvalue weighted by Crippen LogP contribution is 2.39. The molecule has 3 fully saturated rings. The molecule has 2 bridgehead atoms. The first kappa shape index (κ1) is 13.1. The van der Waals surface area contributed by atoms with Gasteiger partial charge in [-0.3, -0.25) is 0 Å². The normalized spacial score (nSPS) is 35.8. The van der Waals surface area contributed by atoms with Crippen LogP contribution in [-0.2, 0) is 0 Å². The molecule has 7 heteroatoms. The molecule has 2 saturated heterocycles. The van der Waals surface area contributed by atoms with Gasteiger partial charge in [-0.1, -0.05) is 0 Å². The van der Waals surface area contributed by atoms with Crippen LogP contribution in [0.25, 0.3) is 0 Å². The molecule has 0 radical (unpaired) electrons. The lowest BCUT2D eigenvalue weighted by Gasteiger charge is -2.27. The van der Waals surface area contributed by atoms with Crippen molar-refractivity contribution >= 4 is 6.03 Å². The zero-order valence-electron chi connectivity index (χ0n) is 12.2. The molecule has 3 aliphatic rings. The van der Waals surface area contributed by atoms with Crippen LogP contribution in [0.4, 0.5) is 4.79 Å². The Morgan fingerprint density at radius 1 is 1.19 bits per heavy atom. The van der Waals surface area contributed by atoms with Crippen molar-refractivity contribution in [3.8, 4) is 0 Å². The van der Waals surface area contributed by atoms with E-state index < -0.39 is 0 Å². The summed E-state index contributed by atoms with van der Waals surface area (Å²) < 4.78 is 5.90. The minimum Gasteiger partial charge on any atom is -0.423 e. The molecule has 2 aliphatic heterocycles. The molecule has 1 aromatic heterocycles. The van der Waals surface area contributed by atoms with Crippen LogP contribution in [0.3, 0.4) is 0 Å². The van der Waals surface area contributed by atoms with Crippen molar-refractivity contribution in [3.63, 3.8) is 0 Å². The molecule has 0 aromatic carbocycles. The van der Waals surface area contributed by atoms with Crippen LogP contribution < -0.4 is 5.73 Å². The number of rotatable bonds is 2. The zero-order valence-corrected chi connectivity index (χ0v) is 12.2. The number of nitrogens with two attached hydrogens (primary N) is 1. The van der Waals surface area contributed by atoms with Crippen LogP contribution in [0.2, 0.25) is 0 Å². The van der Waals surface area contributed by atoms with Crippen molar-refractivity contribution in [3.05, 3.63) is 11.8 Å². The molecule has 4 rings (SSSR count). The SMILES string of the molecule is CN1C(=O)N2C[C@H]1CC[C@H]2c1nnc([C@H]2CC[C@@H](N)C2)o1. The quantitative estimate of drug-likeness (QED) is 0.885. The van der Waals surface area contributed by atoms with E-state index in [1.807, 2.05) is 16.8 Å². The predicted molar refractivity (Wildman–Crippen MR) is 74.5 cm³/mol. The Bertz CT molecular complexity index is 559. The third kappa shape index (κ3) is 2.02. The van der Waals surface area contributed by atoms with Crippen molar-refractivity contribution in [2.24, 2.45) is 5.73 Å². The Balaban J connectivity index is 1.54. The second kappa shape index (κ2) is 4.69. The van der Waals surface area contributed by atoms with Crippen molar-refractivity contribution in [1.82, 2.24) is 20.0 Å². The summed E-state index contributed by atoms with van der Waals surface area (Å²) in [6.07, 6.45) is 4.84. The van der Waals surface area contributed by atoms with Gasteiger partial charge in [-0.25, -0.2) is 4.79 Å². The summed E-state index contributed by atoms with van der Waals surface area (Å²) in [6.45, 7) is 0.770. The number of carbonyl (C=O) groups is 1. The maximum atomic E-state index is 12.2. The lowest BCUT2D eigenvalue weighted by Crippen LogP contribution is -2.34. The van der Waals surface area contributed by atoms with Gasteiger partial charge in [0.2, 0.25) is 11.8 Å². The molecule has 0 unspecified atom stereocenters. The van der Waals surface area contributed by atoms with Gasteiger partial charge in [0.1, 0.15) is 6.04 Å². The number of nitrogens with zero attached hydrogens (tertiary/aromatic N) is 4. The molecular formula is C14H21N5O2. The molecule has 1 aliphatic carbocycles. The molecule has 2 amide bonds. The van der Waals surface area contributed by atoms with Crippen molar-refractivity contribution < 1.29 is 9.21 Å². The number of urea groups is 1. The Morgan fingerprint density at radius 3 is 2.76 bits per heavy atom. The second-order valence-corrected chi connectivity index (χ2v) is 6.54. The highest BCUT2D eigenvalue weighted by Gasteiger charge is 2.45. The fraction of sp³-hybridized carbons (Fsp3) is 0.786. The van der Waals surface area contributed by atoms with E-state index in [1.54, 1.807) is 0 Å². The van der Waals surface area contributed by atoms with Gasteiger partial charge in [-0.2, -0.15) is 0 Å². The number of likely N-dealkylation sites (N-methyl/N-ethyl adjacent to an activating group) is 1. The Kier molecular flexibility index (Phi) is 2.92. The summed E-state index contributed by atoms with van der Waals surface area (Å²) >= 11 is 0. The van der Waals surface area contributed by atoms with Gasteiger partial charge >= 0.3 is 6.03 Å². The molecule has 1 saturated carbocycles. The van der Waals surface area contributed by atoms with E-state index in [2.05, 4.69) is 10.2 Å². The van der Waals surface area contributed by atoms with Crippen LogP contribution in [0.1, 0.15) is 55.8 Å². The first-order chi connectivity index (χ1) is 10.1. The summed E-state index contributed by atoms with van der Waals surface area (Å²) in [5.74, 6) is 1.57. The van der Waals surface area contributed by atoms with Crippen LogP contribution in [0, 0.1) is 0 Å². The van der Waals surface area contributed by atoms with Crippen LogP contribution in [-0.4, -0.2) is 51.7 Å². The van der Waals surface area contributed by atoms with Gasteiger partial charge in [-0.05, 0) is 32.1 Å². The lowest BCUT2D eigenvalue weighted by atomic mass is 10.0. The highest BCUT2D eigenvalue weighted by molar-refractivity contribution is 5.77. The first-order valence-corrected chi connectivity index (χ1v) is 7.76. The number of aromatic nitrogens is 2. The molecular weight excluding hydrogens is 270 g/mol. The summed E-state index contributed by atoms with van der Waals surface area (Å²) in [7, 11) is 1.87. The molecule has 7 nitrogen and oxygen atoms in total. The Hall–Kier alpha value is -1.63. The second-order valence-electron chi connectivity index (χ2n) is 6.54. The molecule has 21 heavy (non-hydrogen) atoms. The summed E-state index contributed by atoms with van der Waals surface area (Å²) in [4.78, 5) is 15.9. The van der Waals surface area contributed by atoms with E-state index >= 15 is 0 Å². The lowest BCUT2D eigenvalue weighted by molar-refractivity contribution is 0.165. The minimum atomic E-state index is -0.0602. The van der Waals surface area contributed by atoms with Gasteiger partial charge in [-0.15, -0.1) is 10.2 Å². The maximum absolute atomic E-state index is 12.2. The van der Waals surface area contributed by atoms with E-state index in [1.165, 1.54) is 0 Å². The van der Waals surface area contributed by atoms with Crippen LogP contribution in [0.5, 0.6) is 0 Å². The van der Waals surface area contributed by atoms with Gasteiger partial charge in [0, 0.05) is 25.6 Å². The first-order valence-electron chi connectivity index (χ1n) is 7.76. The standard InChI is InChI=1S/C14H21N5O2/c1-18-10-4-5-11(19(7-10)14(18)20)13-17-16-12(21-13)8-2-3-9(15)6-8/h8-11H,2-7,15H2,1H3/t8-,9+,10+,11-/m0/s1. The van der Waals surface area contributed by atoms with E-state index in [9.17, 15) is 4.79 Å². The highest BCUT2D eigenvalue weighted by atomic mass is 16.4. The Morgan fingerprint density at radius 2 is 2.00 bits per heavy atom.